The first-order valence-electron chi connectivity index (χ1n) is 9.68. The van der Waals surface area contributed by atoms with Gasteiger partial charge in [-0.3, -0.25) is 0 Å². The summed E-state index contributed by atoms with van der Waals surface area (Å²) < 4.78 is 0. The summed E-state index contributed by atoms with van der Waals surface area (Å²) in [5.41, 5.74) is 19.1. The zero-order chi connectivity index (χ0) is 19.3. The Hall–Kier alpha value is -2.94. The van der Waals surface area contributed by atoms with Crippen molar-refractivity contribution in [3.05, 3.63) is 131 Å². The monoisotopic (exact) mass is 365 g/mol. The molecular weight excluding hydrogens is 340 g/mol. The maximum absolute atomic E-state index is 5.91. The molecule has 0 aromatic heterocycles. The zero-order valence-electron chi connectivity index (χ0n) is 15.9. The highest BCUT2D eigenvalue weighted by Gasteiger charge is 2.25. The van der Waals surface area contributed by atoms with E-state index in [1.54, 1.807) is 0 Å². The van der Waals surface area contributed by atoms with Crippen molar-refractivity contribution >= 4 is 5.57 Å². The summed E-state index contributed by atoms with van der Waals surface area (Å²) >= 11 is 0. The summed E-state index contributed by atoms with van der Waals surface area (Å²) in [6, 6.07) is 27.7. The van der Waals surface area contributed by atoms with Gasteiger partial charge in [0.15, 0.2) is 0 Å². The number of benzene rings is 3. The molecule has 2 nitrogen and oxygen atoms in total. The fourth-order valence-electron chi connectivity index (χ4n) is 3.83. The lowest BCUT2D eigenvalue weighted by Crippen LogP contribution is -2.10. The van der Waals surface area contributed by atoms with Crippen molar-refractivity contribution < 1.29 is 0 Å². The third kappa shape index (κ3) is 3.84. The third-order valence-corrected chi connectivity index (χ3v) is 5.26. The minimum Gasteiger partial charge on any atom is -0.326 e. The van der Waals surface area contributed by atoms with Gasteiger partial charge in [-0.2, -0.15) is 0 Å². The molecule has 0 heterocycles. The molecule has 0 saturated carbocycles. The number of nitrogens with two attached hydrogens (primary N) is 2. The first-order chi connectivity index (χ1) is 13.8. The van der Waals surface area contributed by atoms with E-state index in [0.717, 1.165) is 11.1 Å². The summed E-state index contributed by atoms with van der Waals surface area (Å²) in [6.07, 6.45) is 6.73. The smallest absolute Gasteiger partial charge is 0.0318 e. The van der Waals surface area contributed by atoms with Crippen molar-refractivity contribution in [3.8, 4) is 0 Å². The van der Waals surface area contributed by atoms with Crippen LogP contribution in [0.15, 0.2) is 97.1 Å². The number of rotatable bonds is 6. The van der Waals surface area contributed by atoms with E-state index in [1.165, 1.54) is 28.2 Å². The molecule has 3 aromatic carbocycles. The van der Waals surface area contributed by atoms with E-state index in [1.807, 2.05) is 6.07 Å². The summed E-state index contributed by atoms with van der Waals surface area (Å²) in [5, 5.41) is 0. The van der Waals surface area contributed by atoms with E-state index >= 15 is 0 Å². The summed E-state index contributed by atoms with van der Waals surface area (Å²) in [7, 11) is 0. The van der Waals surface area contributed by atoms with Gasteiger partial charge in [0.25, 0.3) is 0 Å². The molecule has 3 aromatic rings. The average molecular weight is 366 g/mol. The Morgan fingerprint density at radius 3 is 1.82 bits per heavy atom. The molecule has 1 aliphatic rings. The van der Waals surface area contributed by atoms with Gasteiger partial charge in [0, 0.05) is 24.9 Å². The Kier molecular flexibility index (Phi) is 5.52. The van der Waals surface area contributed by atoms with E-state index in [0.29, 0.717) is 13.1 Å². The van der Waals surface area contributed by atoms with Gasteiger partial charge < -0.3 is 11.5 Å². The largest absolute Gasteiger partial charge is 0.326 e. The van der Waals surface area contributed by atoms with Crippen LogP contribution in [0.4, 0.5) is 0 Å². The van der Waals surface area contributed by atoms with Crippen molar-refractivity contribution in [3.63, 3.8) is 0 Å². The van der Waals surface area contributed by atoms with Crippen LogP contribution in [0, 0.1) is 5.92 Å². The van der Waals surface area contributed by atoms with Crippen molar-refractivity contribution in [2.45, 2.75) is 19.0 Å². The number of hydrogen-bond acceptors (Lipinski definition) is 2. The fraction of sp³-hybridized carbons (Fsp3) is 0.115. The van der Waals surface area contributed by atoms with Gasteiger partial charge >= 0.3 is 0 Å². The van der Waals surface area contributed by atoms with Crippen molar-refractivity contribution in [1.29, 1.82) is 0 Å². The molecule has 2 heteroatoms. The Labute approximate surface area is 167 Å². The maximum atomic E-state index is 5.91. The van der Waals surface area contributed by atoms with E-state index in [2.05, 4.69) is 91.0 Å². The SMILES string of the molecule is NCc1cccc(C([C]2C=CC(c3ccccc3)=C2)c2cccc(CN)c2)c1. The first-order valence-corrected chi connectivity index (χ1v) is 9.68. The minimum atomic E-state index is 0.149. The lowest BCUT2D eigenvalue weighted by atomic mass is 9.80. The normalized spacial score (nSPS) is 13.9. The van der Waals surface area contributed by atoms with Crippen LogP contribution in [-0.4, -0.2) is 0 Å². The predicted octanol–water partition coefficient (Wildman–Crippen LogP) is 4.96. The van der Waals surface area contributed by atoms with Crippen LogP contribution < -0.4 is 11.5 Å². The van der Waals surface area contributed by atoms with Crippen LogP contribution in [0.5, 0.6) is 0 Å². The highest BCUT2D eigenvalue weighted by atomic mass is 14.5. The van der Waals surface area contributed by atoms with Crippen LogP contribution in [-0.2, 0) is 13.1 Å². The second-order valence-electron chi connectivity index (χ2n) is 7.13. The van der Waals surface area contributed by atoms with Crippen LogP contribution in [0.1, 0.15) is 33.7 Å². The fourth-order valence-corrected chi connectivity index (χ4v) is 3.83. The zero-order valence-corrected chi connectivity index (χ0v) is 15.9. The van der Waals surface area contributed by atoms with Crippen LogP contribution in [0.25, 0.3) is 5.57 Å². The molecule has 0 fully saturated rings. The van der Waals surface area contributed by atoms with Crippen LogP contribution >= 0.6 is 0 Å². The Balaban J connectivity index is 1.77. The molecule has 0 amide bonds. The topological polar surface area (TPSA) is 52.0 Å². The molecule has 4 rings (SSSR count). The molecule has 28 heavy (non-hydrogen) atoms. The van der Waals surface area contributed by atoms with Crippen LogP contribution in [0.3, 0.4) is 0 Å². The molecule has 0 saturated heterocycles. The van der Waals surface area contributed by atoms with E-state index in [-0.39, 0.29) is 5.92 Å². The van der Waals surface area contributed by atoms with E-state index in [4.69, 9.17) is 11.5 Å². The van der Waals surface area contributed by atoms with Crippen molar-refractivity contribution in [1.82, 2.24) is 0 Å². The summed E-state index contributed by atoms with van der Waals surface area (Å²) in [4.78, 5) is 0. The molecule has 4 N–H and O–H groups in total. The van der Waals surface area contributed by atoms with Gasteiger partial charge in [-0.25, -0.2) is 0 Å². The molecule has 0 atom stereocenters. The second kappa shape index (κ2) is 8.39. The Bertz CT molecular complexity index is 954. The van der Waals surface area contributed by atoms with Gasteiger partial charge in [0.1, 0.15) is 0 Å². The first kappa shape index (κ1) is 18.4. The molecule has 0 unspecified atom stereocenters. The second-order valence-corrected chi connectivity index (χ2v) is 7.13. The van der Waals surface area contributed by atoms with Crippen molar-refractivity contribution in [2.24, 2.45) is 11.5 Å². The van der Waals surface area contributed by atoms with Gasteiger partial charge in [0.2, 0.25) is 0 Å². The third-order valence-electron chi connectivity index (χ3n) is 5.26. The Morgan fingerprint density at radius 2 is 1.25 bits per heavy atom. The predicted molar refractivity (Wildman–Crippen MR) is 117 cm³/mol. The van der Waals surface area contributed by atoms with Gasteiger partial charge in [-0.1, -0.05) is 97.1 Å². The molecule has 1 aliphatic carbocycles. The van der Waals surface area contributed by atoms with E-state index < -0.39 is 0 Å². The number of hydrogen-bond donors (Lipinski definition) is 2. The molecule has 1 radical (unpaired) electrons. The van der Waals surface area contributed by atoms with Gasteiger partial charge in [0.05, 0.1) is 0 Å². The lowest BCUT2D eigenvalue weighted by Gasteiger charge is -2.23. The van der Waals surface area contributed by atoms with Gasteiger partial charge in [-0.15, -0.1) is 0 Å². The van der Waals surface area contributed by atoms with Gasteiger partial charge in [-0.05, 0) is 33.4 Å². The van der Waals surface area contributed by atoms with Crippen molar-refractivity contribution in [2.75, 3.05) is 0 Å². The molecule has 0 bridgehead atoms. The van der Waals surface area contributed by atoms with Crippen LogP contribution in [0.2, 0.25) is 0 Å². The lowest BCUT2D eigenvalue weighted by molar-refractivity contribution is 0.896. The summed E-state index contributed by atoms with van der Waals surface area (Å²) in [5.74, 6) is 1.43. The highest BCUT2D eigenvalue weighted by molar-refractivity contribution is 5.81. The quantitative estimate of drug-likeness (QED) is 0.648. The standard InChI is InChI=1S/C26H25N2/c27-17-19-6-4-10-23(14-19)26(24-11-5-7-20(15-24)18-28)25-13-12-22(16-25)21-8-2-1-3-9-21/h1-16,26H,17-18,27-28H2. The molecule has 139 valence electrons. The highest BCUT2D eigenvalue weighted by Crippen LogP contribution is 2.41. The van der Waals surface area contributed by atoms with E-state index in [9.17, 15) is 0 Å². The minimum absolute atomic E-state index is 0.149. The molecular formula is C26H25N2. The summed E-state index contributed by atoms with van der Waals surface area (Å²) in [6.45, 7) is 1.08. The number of allylic oxidation sites excluding steroid dienone is 4. The maximum Gasteiger partial charge on any atom is 0.0318 e. The molecule has 0 aliphatic heterocycles. The Morgan fingerprint density at radius 1 is 0.643 bits per heavy atom. The average Bonchev–Trinajstić information content (AvgIpc) is 3.24. The molecule has 0 spiro atoms.